The molecule has 0 fully saturated rings. The molecule has 1 unspecified atom stereocenters. The zero-order valence-corrected chi connectivity index (χ0v) is 10.9. The molecule has 18 heavy (non-hydrogen) atoms. The van der Waals surface area contributed by atoms with Crippen LogP contribution in [0.2, 0.25) is 5.02 Å². The fourth-order valence-electron chi connectivity index (χ4n) is 1.87. The first-order valence-corrected chi connectivity index (χ1v) is 6.04. The molecule has 4 nitrogen and oxygen atoms in total. The van der Waals surface area contributed by atoms with Crippen molar-refractivity contribution in [2.24, 2.45) is 7.05 Å². The number of nitrogens with one attached hydrogen (secondary N) is 1. The van der Waals surface area contributed by atoms with E-state index in [1.54, 1.807) is 16.9 Å². The number of nitrogens with zero attached hydrogens (tertiary/aromatic N) is 3. The zero-order chi connectivity index (χ0) is 13.1. The molecular weight excluding hydrogens is 255 g/mol. The number of aromatic nitrogens is 3. The minimum atomic E-state index is -0.345. The van der Waals surface area contributed by atoms with Crippen LogP contribution in [0.1, 0.15) is 24.2 Å². The number of aryl methyl sites for hydroxylation is 1. The Labute approximate surface area is 110 Å². The summed E-state index contributed by atoms with van der Waals surface area (Å²) in [5.74, 6) is -0.345. The molecular formula is C12H14ClFN4. The molecule has 0 amide bonds. The van der Waals surface area contributed by atoms with Crippen molar-refractivity contribution >= 4 is 11.6 Å². The largest absolute Gasteiger partial charge is 0.305 e. The molecule has 2 rings (SSSR count). The van der Waals surface area contributed by atoms with Crippen molar-refractivity contribution in [2.75, 3.05) is 6.54 Å². The predicted octanol–water partition coefficient (Wildman–Crippen LogP) is 2.31. The average molecular weight is 269 g/mol. The molecule has 1 aromatic carbocycles. The van der Waals surface area contributed by atoms with Crippen LogP contribution in [0.3, 0.4) is 0 Å². The number of halogens is 2. The third-order valence-corrected chi connectivity index (χ3v) is 3.05. The maximum Gasteiger partial charge on any atom is 0.124 e. The number of benzene rings is 1. The van der Waals surface area contributed by atoms with Crippen LogP contribution in [0.5, 0.6) is 0 Å². The number of hydrogen-bond donors (Lipinski definition) is 1. The third kappa shape index (κ3) is 2.52. The van der Waals surface area contributed by atoms with Crippen LogP contribution in [-0.4, -0.2) is 21.5 Å². The number of hydrogen-bond acceptors (Lipinski definition) is 3. The SMILES string of the molecule is CCNC(c1ccc(F)cc1Cl)c1cnnn1C. The summed E-state index contributed by atoms with van der Waals surface area (Å²) >= 11 is 6.10. The Bertz CT molecular complexity index is 541. The van der Waals surface area contributed by atoms with E-state index in [9.17, 15) is 4.39 Å². The summed E-state index contributed by atoms with van der Waals surface area (Å²) in [6.45, 7) is 2.75. The summed E-state index contributed by atoms with van der Waals surface area (Å²) in [6.07, 6.45) is 1.67. The highest BCUT2D eigenvalue weighted by Crippen LogP contribution is 2.28. The maximum absolute atomic E-state index is 13.1. The van der Waals surface area contributed by atoms with Gasteiger partial charge in [-0.2, -0.15) is 0 Å². The summed E-state index contributed by atoms with van der Waals surface area (Å²) in [4.78, 5) is 0. The van der Waals surface area contributed by atoms with Crippen LogP contribution in [0.15, 0.2) is 24.4 Å². The minimum Gasteiger partial charge on any atom is -0.305 e. The van der Waals surface area contributed by atoms with Gasteiger partial charge in [0.05, 0.1) is 17.9 Å². The van der Waals surface area contributed by atoms with E-state index in [1.807, 2.05) is 14.0 Å². The fraction of sp³-hybridized carbons (Fsp3) is 0.333. The highest BCUT2D eigenvalue weighted by Gasteiger charge is 2.19. The molecule has 0 spiro atoms. The van der Waals surface area contributed by atoms with Crippen molar-refractivity contribution in [2.45, 2.75) is 13.0 Å². The molecule has 0 aliphatic carbocycles. The number of rotatable bonds is 4. The average Bonchev–Trinajstić information content (AvgIpc) is 2.73. The molecule has 2 aromatic rings. The van der Waals surface area contributed by atoms with E-state index < -0.39 is 0 Å². The Kier molecular flexibility index (Phi) is 3.93. The third-order valence-electron chi connectivity index (χ3n) is 2.73. The van der Waals surface area contributed by atoms with Gasteiger partial charge in [0.25, 0.3) is 0 Å². The van der Waals surface area contributed by atoms with Gasteiger partial charge in [-0.3, -0.25) is 4.68 Å². The van der Waals surface area contributed by atoms with Gasteiger partial charge in [0.15, 0.2) is 0 Å². The van der Waals surface area contributed by atoms with Crippen LogP contribution in [0, 0.1) is 5.82 Å². The fourth-order valence-corrected chi connectivity index (χ4v) is 2.15. The molecule has 0 radical (unpaired) electrons. The lowest BCUT2D eigenvalue weighted by Crippen LogP contribution is -2.24. The Morgan fingerprint density at radius 1 is 1.50 bits per heavy atom. The second-order valence-electron chi connectivity index (χ2n) is 3.94. The lowest BCUT2D eigenvalue weighted by molar-refractivity contribution is 0.566. The molecule has 0 bridgehead atoms. The van der Waals surface area contributed by atoms with Crippen LogP contribution in [0.4, 0.5) is 4.39 Å². The second-order valence-corrected chi connectivity index (χ2v) is 4.35. The van der Waals surface area contributed by atoms with E-state index >= 15 is 0 Å². The molecule has 1 aromatic heterocycles. The molecule has 96 valence electrons. The zero-order valence-electron chi connectivity index (χ0n) is 10.2. The van der Waals surface area contributed by atoms with Crippen LogP contribution >= 0.6 is 11.6 Å². The van der Waals surface area contributed by atoms with Gasteiger partial charge in [0, 0.05) is 12.1 Å². The van der Waals surface area contributed by atoms with E-state index in [0.29, 0.717) is 5.02 Å². The van der Waals surface area contributed by atoms with Crippen molar-refractivity contribution in [1.29, 1.82) is 0 Å². The molecule has 1 N–H and O–H groups in total. The van der Waals surface area contributed by atoms with E-state index in [-0.39, 0.29) is 11.9 Å². The summed E-state index contributed by atoms with van der Waals surface area (Å²) < 4.78 is 14.8. The molecule has 0 saturated heterocycles. The van der Waals surface area contributed by atoms with Crippen LogP contribution < -0.4 is 5.32 Å². The highest BCUT2D eigenvalue weighted by molar-refractivity contribution is 6.31. The quantitative estimate of drug-likeness (QED) is 0.925. The summed E-state index contributed by atoms with van der Waals surface area (Å²) in [5, 5.41) is 11.4. The van der Waals surface area contributed by atoms with Crippen molar-refractivity contribution in [3.05, 3.63) is 46.5 Å². The van der Waals surface area contributed by atoms with Gasteiger partial charge < -0.3 is 5.32 Å². The molecule has 0 saturated carbocycles. The predicted molar refractivity (Wildman–Crippen MR) is 67.9 cm³/mol. The van der Waals surface area contributed by atoms with Crippen LogP contribution in [-0.2, 0) is 7.05 Å². The molecule has 1 heterocycles. The van der Waals surface area contributed by atoms with E-state index in [0.717, 1.165) is 17.8 Å². The van der Waals surface area contributed by atoms with Gasteiger partial charge >= 0.3 is 0 Å². The van der Waals surface area contributed by atoms with Gasteiger partial charge in [-0.1, -0.05) is 29.8 Å². The van der Waals surface area contributed by atoms with Gasteiger partial charge in [0.1, 0.15) is 5.82 Å². The Morgan fingerprint density at radius 3 is 2.83 bits per heavy atom. The van der Waals surface area contributed by atoms with Crippen molar-refractivity contribution in [3.63, 3.8) is 0 Å². The summed E-state index contributed by atoms with van der Waals surface area (Å²) in [5.41, 5.74) is 1.69. The lowest BCUT2D eigenvalue weighted by Gasteiger charge is -2.19. The Balaban J connectivity index is 2.45. The standard InChI is InChI=1S/C12H14ClFN4/c1-3-15-12(11-7-16-17-18(11)2)9-5-4-8(14)6-10(9)13/h4-7,12,15H,3H2,1-2H3. The van der Waals surface area contributed by atoms with Crippen molar-refractivity contribution in [3.8, 4) is 0 Å². The van der Waals surface area contributed by atoms with Crippen molar-refractivity contribution in [1.82, 2.24) is 20.3 Å². The summed E-state index contributed by atoms with van der Waals surface area (Å²) in [6, 6.07) is 4.24. The Morgan fingerprint density at radius 2 is 2.28 bits per heavy atom. The Hall–Kier alpha value is -1.46. The first kappa shape index (κ1) is 13.0. The molecule has 6 heteroatoms. The molecule has 0 aliphatic rings. The van der Waals surface area contributed by atoms with Gasteiger partial charge in [-0.25, -0.2) is 4.39 Å². The van der Waals surface area contributed by atoms with Gasteiger partial charge in [0.2, 0.25) is 0 Å². The summed E-state index contributed by atoms with van der Waals surface area (Å²) in [7, 11) is 1.81. The monoisotopic (exact) mass is 268 g/mol. The van der Waals surface area contributed by atoms with E-state index in [2.05, 4.69) is 15.6 Å². The molecule has 1 atom stereocenters. The highest BCUT2D eigenvalue weighted by atomic mass is 35.5. The first-order chi connectivity index (χ1) is 8.63. The van der Waals surface area contributed by atoms with Crippen LogP contribution in [0.25, 0.3) is 0 Å². The van der Waals surface area contributed by atoms with Crippen molar-refractivity contribution < 1.29 is 4.39 Å². The van der Waals surface area contributed by atoms with E-state index in [4.69, 9.17) is 11.6 Å². The van der Waals surface area contributed by atoms with E-state index in [1.165, 1.54) is 12.1 Å². The van der Waals surface area contributed by atoms with Gasteiger partial charge in [-0.05, 0) is 24.2 Å². The maximum atomic E-state index is 13.1. The normalized spacial score (nSPS) is 12.7. The first-order valence-electron chi connectivity index (χ1n) is 5.66. The minimum absolute atomic E-state index is 0.150. The smallest absolute Gasteiger partial charge is 0.124 e. The lowest BCUT2D eigenvalue weighted by atomic mass is 10.0. The topological polar surface area (TPSA) is 42.7 Å². The molecule has 0 aliphatic heterocycles. The second kappa shape index (κ2) is 5.46. The van der Waals surface area contributed by atoms with Gasteiger partial charge in [-0.15, -0.1) is 5.10 Å².